The van der Waals surface area contributed by atoms with E-state index in [0.717, 1.165) is 16.7 Å². The highest BCUT2D eigenvalue weighted by atomic mass is 16.5. The zero-order chi connectivity index (χ0) is 24.6. The van der Waals surface area contributed by atoms with Crippen molar-refractivity contribution < 1.29 is 14.3 Å². The Morgan fingerprint density at radius 1 is 1.03 bits per heavy atom. The lowest BCUT2D eigenvalue weighted by molar-refractivity contribution is -0.126. The van der Waals surface area contributed by atoms with E-state index in [1.807, 2.05) is 24.3 Å². The number of Topliss-reactive ketones (excluding diaryl/α,β-unsaturated/α-hetero) is 1. The fraction of sp³-hybridized carbons (Fsp3) is 0.200. The number of pyridine rings is 1. The van der Waals surface area contributed by atoms with Gasteiger partial charge in [-0.3, -0.25) is 14.7 Å². The maximum atomic E-state index is 13.4. The van der Waals surface area contributed by atoms with Crippen molar-refractivity contribution in [1.82, 2.24) is 35.0 Å². The van der Waals surface area contributed by atoms with Crippen LogP contribution < -0.4 is 9.64 Å². The van der Waals surface area contributed by atoms with Crippen LogP contribution in [0.25, 0.3) is 33.2 Å². The van der Waals surface area contributed by atoms with E-state index in [-0.39, 0.29) is 5.56 Å². The Bertz CT molecular complexity index is 1580. The number of ketones is 1. The van der Waals surface area contributed by atoms with Crippen LogP contribution in [-0.4, -0.2) is 80.0 Å². The van der Waals surface area contributed by atoms with Crippen molar-refractivity contribution in [2.45, 2.75) is 0 Å². The molecule has 0 saturated carbocycles. The van der Waals surface area contributed by atoms with Crippen LogP contribution in [0.15, 0.2) is 55.2 Å². The number of hydrogen-bond acceptors (Lipinski definition) is 8. The summed E-state index contributed by atoms with van der Waals surface area (Å²) in [5.41, 5.74) is 2.98. The van der Waals surface area contributed by atoms with Gasteiger partial charge in [-0.25, -0.2) is 15.0 Å². The summed E-state index contributed by atoms with van der Waals surface area (Å²) in [6.45, 7) is 1.93. The summed E-state index contributed by atoms with van der Waals surface area (Å²) in [5, 5.41) is 8.33. The number of anilines is 1. The van der Waals surface area contributed by atoms with E-state index in [9.17, 15) is 9.59 Å². The van der Waals surface area contributed by atoms with Gasteiger partial charge in [0, 0.05) is 44.0 Å². The second-order valence-corrected chi connectivity index (χ2v) is 8.42. The largest absolute Gasteiger partial charge is 0.494 e. The summed E-state index contributed by atoms with van der Waals surface area (Å²) < 4.78 is 5.47. The third kappa shape index (κ3) is 3.52. The molecule has 4 aromatic heterocycles. The van der Waals surface area contributed by atoms with E-state index < -0.39 is 11.7 Å². The number of piperazine rings is 1. The monoisotopic (exact) mass is 482 g/mol. The van der Waals surface area contributed by atoms with Crippen LogP contribution in [0, 0.1) is 0 Å². The van der Waals surface area contributed by atoms with Crippen LogP contribution in [0.5, 0.6) is 5.75 Å². The summed E-state index contributed by atoms with van der Waals surface area (Å²) >= 11 is 0. The Hall–Kier alpha value is -4.80. The van der Waals surface area contributed by atoms with Gasteiger partial charge in [0.25, 0.3) is 11.7 Å². The predicted octanol–water partition coefficient (Wildman–Crippen LogP) is 2.44. The van der Waals surface area contributed by atoms with Crippen LogP contribution in [0.3, 0.4) is 0 Å². The van der Waals surface area contributed by atoms with Gasteiger partial charge in [-0.05, 0) is 18.2 Å². The molecule has 0 radical (unpaired) electrons. The van der Waals surface area contributed by atoms with Crippen molar-refractivity contribution in [3.05, 3.63) is 60.8 Å². The molecule has 6 rings (SSSR count). The number of ether oxygens (including phenoxy) is 1. The van der Waals surface area contributed by atoms with E-state index in [0.29, 0.717) is 54.2 Å². The Balaban J connectivity index is 1.25. The van der Waals surface area contributed by atoms with Crippen molar-refractivity contribution in [1.29, 1.82) is 0 Å². The minimum absolute atomic E-state index is 0.249. The first-order valence-electron chi connectivity index (χ1n) is 11.5. The third-order valence-electron chi connectivity index (χ3n) is 6.48. The molecule has 1 amide bonds. The number of nitrogens with one attached hydrogen (secondary N) is 2. The number of methoxy groups -OCH3 is 1. The van der Waals surface area contributed by atoms with E-state index >= 15 is 0 Å². The molecule has 5 aromatic rings. The first-order valence-corrected chi connectivity index (χ1v) is 11.5. The van der Waals surface area contributed by atoms with Crippen LogP contribution >= 0.6 is 0 Å². The molecular formula is C25H22N8O3. The van der Waals surface area contributed by atoms with E-state index in [4.69, 9.17) is 4.74 Å². The van der Waals surface area contributed by atoms with Crippen molar-refractivity contribution in [3.8, 4) is 17.1 Å². The molecule has 36 heavy (non-hydrogen) atoms. The van der Waals surface area contributed by atoms with E-state index in [1.165, 1.54) is 13.3 Å². The summed E-state index contributed by atoms with van der Waals surface area (Å²) in [6.07, 6.45) is 6.25. The molecule has 5 heterocycles. The van der Waals surface area contributed by atoms with Crippen LogP contribution in [-0.2, 0) is 4.79 Å². The number of nitrogens with zero attached hydrogens (tertiary/aromatic N) is 6. The number of fused-ring (bicyclic) bond motifs is 2. The highest BCUT2D eigenvalue weighted by Crippen LogP contribution is 2.34. The fourth-order valence-corrected chi connectivity index (χ4v) is 4.67. The van der Waals surface area contributed by atoms with Crippen LogP contribution in [0.2, 0.25) is 0 Å². The number of aromatic amines is 2. The van der Waals surface area contributed by atoms with Crippen molar-refractivity contribution >= 4 is 39.3 Å². The van der Waals surface area contributed by atoms with Crippen molar-refractivity contribution in [2.24, 2.45) is 0 Å². The highest BCUT2D eigenvalue weighted by Gasteiger charge is 2.30. The average Bonchev–Trinajstić information content (AvgIpc) is 3.63. The Labute approximate surface area is 205 Å². The van der Waals surface area contributed by atoms with Gasteiger partial charge < -0.3 is 19.5 Å². The molecule has 180 valence electrons. The Morgan fingerprint density at radius 2 is 1.86 bits per heavy atom. The summed E-state index contributed by atoms with van der Waals surface area (Å²) in [5.74, 6) is 0.0950. The van der Waals surface area contributed by atoms with Crippen LogP contribution in [0.4, 0.5) is 5.82 Å². The van der Waals surface area contributed by atoms with Gasteiger partial charge in [0.15, 0.2) is 0 Å². The lowest BCUT2D eigenvalue weighted by Crippen LogP contribution is -2.51. The molecule has 11 heteroatoms. The molecule has 1 aliphatic heterocycles. The highest BCUT2D eigenvalue weighted by molar-refractivity contribution is 6.45. The first-order chi connectivity index (χ1) is 17.7. The van der Waals surface area contributed by atoms with Gasteiger partial charge in [-0.15, -0.1) is 0 Å². The summed E-state index contributed by atoms with van der Waals surface area (Å²) in [4.78, 5) is 46.7. The number of para-hydroxylation sites is 1. The van der Waals surface area contributed by atoms with Gasteiger partial charge in [-0.1, -0.05) is 12.1 Å². The fourth-order valence-electron chi connectivity index (χ4n) is 4.67. The molecular weight excluding hydrogens is 460 g/mol. The topological polar surface area (TPSA) is 133 Å². The zero-order valence-electron chi connectivity index (χ0n) is 19.4. The number of benzene rings is 1. The number of rotatable bonds is 5. The second-order valence-electron chi connectivity index (χ2n) is 8.42. The molecule has 1 aromatic carbocycles. The predicted molar refractivity (Wildman–Crippen MR) is 133 cm³/mol. The molecule has 1 fully saturated rings. The molecule has 1 aliphatic rings. The molecule has 0 unspecified atom stereocenters. The lowest BCUT2D eigenvalue weighted by atomic mass is 10.1. The lowest BCUT2D eigenvalue weighted by Gasteiger charge is -2.35. The smallest absolute Gasteiger partial charge is 0.295 e. The summed E-state index contributed by atoms with van der Waals surface area (Å²) in [6, 6.07) is 9.61. The number of H-pyrrole nitrogens is 2. The van der Waals surface area contributed by atoms with Gasteiger partial charge in [0.1, 0.15) is 23.6 Å². The van der Waals surface area contributed by atoms with Crippen molar-refractivity contribution in [3.63, 3.8) is 0 Å². The standard InChI is InChI=1S/C25H22N8O3/c1-36-19-13-27-21(18-6-7-30-31-18)22-20(19)16(12-26-22)23(34)25(35)33-10-8-32(9-11-33)24-15-4-2-3-5-17(15)28-14-29-24/h2-7,12-14,26H,8-11H2,1H3,(H,30,31). The maximum Gasteiger partial charge on any atom is 0.295 e. The quantitative estimate of drug-likeness (QED) is 0.288. The number of carbonyl (C=O) groups is 2. The molecule has 2 N–H and O–H groups in total. The average molecular weight is 483 g/mol. The summed E-state index contributed by atoms with van der Waals surface area (Å²) in [7, 11) is 1.51. The molecule has 1 saturated heterocycles. The van der Waals surface area contributed by atoms with Crippen LogP contribution in [0.1, 0.15) is 10.4 Å². The molecule has 0 bridgehead atoms. The second kappa shape index (κ2) is 8.77. The van der Waals surface area contributed by atoms with Gasteiger partial charge in [0.05, 0.1) is 41.0 Å². The zero-order valence-corrected chi connectivity index (χ0v) is 19.4. The van der Waals surface area contributed by atoms with Gasteiger partial charge in [0.2, 0.25) is 0 Å². The number of amides is 1. The Kier molecular flexibility index (Phi) is 5.29. The number of hydrogen-bond donors (Lipinski definition) is 2. The van der Waals surface area contributed by atoms with E-state index in [1.54, 1.807) is 29.7 Å². The molecule has 11 nitrogen and oxygen atoms in total. The third-order valence-corrected chi connectivity index (χ3v) is 6.48. The van der Waals surface area contributed by atoms with E-state index in [2.05, 4.69) is 35.0 Å². The normalized spacial score (nSPS) is 13.9. The van der Waals surface area contributed by atoms with Gasteiger partial charge in [-0.2, -0.15) is 5.10 Å². The molecule has 0 aliphatic carbocycles. The number of carbonyl (C=O) groups excluding carboxylic acids is 2. The first kappa shape index (κ1) is 21.7. The Morgan fingerprint density at radius 3 is 2.64 bits per heavy atom. The SMILES string of the molecule is COc1cnc(-c2ccn[nH]2)c2[nH]cc(C(=O)C(=O)N3CCN(c4ncnc5ccccc45)CC3)c12. The molecule has 0 atom stereocenters. The van der Waals surface area contributed by atoms with Gasteiger partial charge >= 0.3 is 0 Å². The minimum Gasteiger partial charge on any atom is -0.494 e. The van der Waals surface area contributed by atoms with Crippen molar-refractivity contribution in [2.75, 3.05) is 38.2 Å². The minimum atomic E-state index is -0.595. The maximum absolute atomic E-state index is 13.4. The molecule has 0 spiro atoms. The number of aromatic nitrogens is 6.